The smallest absolute Gasteiger partial charge is 0.211 e. The molecule has 0 saturated carbocycles. The van der Waals surface area contributed by atoms with Crippen LogP contribution in [0.3, 0.4) is 0 Å². The number of fused-ring (bicyclic) bond motifs is 1. The van der Waals surface area contributed by atoms with E-state index in [-0.39, 0.29) is 12.1 Å². The van der Waals surface area contributed by atoms with Gasteiger partial charge in [0.1, 0.15) is 17.6 Å². The van der Waals surface area contributed by atoms with Crippen LogP contribution in [0.4, 0.5) is 0 Å². The van der Waals surface area contributed by atoms with E-state index in [4.69, 9.17) is 9.15 Å². The number of nitrogens with zero attached hydrogens (tertiary/aromatic N) is 1. The zero-order valence-electron chi connectivity index (χ0n) is 11.5. The third kappa shape index (κ3) is 2.88. The summed E-state index contributed by atoms with van der Waals surface area (Å²) in [6.07, 6.45) is 2.84. The summed E-state index contributed by atoms with van der Waals surface area (Å²) in [6, 6.07) is 6.23. The number of hydrogen-bond donors (Lipinski definition) is 1. The first-order valence-corrected chi connectivity index (χ1v) is 7.52. The van der Waals surface area contributed by atoms with Crippen molar-refractivity contribution in [1.29, 1.82) is 0 Å². The van der Waals surface area contributed by atoms with Crippen molar-refractivity contribution in [1.82, 2.24) is 10.3 Å². The molecule has 0 saturated heterocycles. The van der Waals surface area contributed by atoms with Gasteiger partial charge < -0.3 is 14.5 Å². The lowest BCUT2D eigenvalue weighted by Crippen LogP contribution is -2.32. The second-order valence-electron chi connectivity index (χ2n) is 5.14. The van der Waals surface area contributed by atoms with Gasteiger partial charge in [0.15, 0.2) is 0 Å². The Morgan fingerprint density at radius 3 is 3.10 bits per heavy atom. The van der Waals surface area contributed by atoms with Gasteiger partial charge in [-0.1, -0.05) is 15.9 Å². The van der Waals surface area contributed by atoms with Crippen molar-refractivity contribution >= 4 is 15.9 Å². The molecule has 3 rings (SSSR count). The number of aromatic nitrogens is 1. The molecular formula is C15H17BrN2O2. The second kappa shape index (κ2) is 5.58. The van der Waals surface area contributed by atoms with Gasteiger partial charge in [-0.05, 0) is 37.6 Å². The van der Waals surface area contributed by atoms with Crippen LogP contribution in [0.1, 0.15) is 30.2 Å². The predicted molar refractivity (Wildman–Crippen MR) is 79.9 cm³/mol. The van der Waals surface area contributed by atoms with Crippen molar-refractivity contribution in [2.45, 2.75) is 32.4 Å². The summed E-state index contributed by atoms with van der Waals surface area (Å²) in [4.78, 5) is 4.24. The average molecular weight is 337 g/mol. The Morgan fingerprint density at radius 2 is 2.35 bits per heavy atom. The minimum atomic E-state index is 0.0859. The summed E-state index contributed by atoms with van der Waals surface area (Å²) in [7, 11) is 0. The highest BCUT2D eigenvalue weighted by molar-refractivity contribution is 9.10. The topological polar surface area (TPSA) is 47.3 Å². The molecule has 2 aromatic rings. The SMILES string of the molecule is Cc1cnc(C(C)NCC2Cc3cc(Br)ccc3O2)o1. The van der Waals surface area contributed by atoms with Gasteiger partial charge in [0, 0.05) is 17.4 Å². The molecule has 106 valence electrons. The number of aryl methyl sites for hydroxylation is 1. The van der Waals surface area contributed by atoms with Crippen LogP contribution in [0.2, 0.25) is 0 Å². The number of nitrogens with one attached hydrogen (secondary N) is 1. The zero-order chi connectivity index (χ0) is 14.1. The largest absolute Gasteiger partial charge is 0.488 e. The molecule has 2 unspecified atom stereocenters. The van der Waals surface area contributed by atoms with E-state index in [1.54, 1.807) is 6.20 Å². The summed E-state index contributed by atoms with van der Waals surface area (Å²) in [5.41, 5.74) is 1.26. The monoisotopic (exact) mass is 336 g/mol. The van der Waals surface area contributed by atoms with Crippen LogP contribution in [-0.4, -0.2) is 17.6 Å². The zero-order valence-corrected chi connectivity index (χ0v) is 13.1. The van der Waals surface area contributed by atoms with Crippen molar-refractivity contribution in [2.75, 3.05) is 6.54 Å². The second-order valence-corrected chi connectivity index (χ2v) is 6.05. The molecule has 2 atom stereocenters. The molecule has 0 bridgehead atoms. The first-order chi connectivity index (χ1) is 9.61. The molecule has 4 nitrogen and oxygen atoms in total. The van der Waals surface area contributed by atoms with E-state index in [9.17, 15) is 0 Å². The van der Waals surface area contributed by atoms with Gasteiger partial charge in [-0.25, -0.2) is 4.98 Å². The van der Waals surface area contributed by atoms with Crippen LogP contribution in [0, 0.1) is 6.92 Å². The maximum absolute atomic E-state index is 5.92. The highest BCUT2D eigenvalue weighted by atomic mass is 79.9. The van der Waals surface area contributed by atoms with Crippen LogP contribution in [0.25, 0.3) is 0 Å². The van der Waals surface area contributed by atoms with Gasteiger partial charge in [0.05, 0.1) is 12.2 Å². The minimum Gasteiger partial charge on any atom is -0.488 e. The Bertz CT molecular complexity index is 612. The van der Waals surface area contributed by atoms with Gasteiger partial charge >= 0.3 is 0 Å². The van der Waals surface area contributed by atoms with E-state index >= 15 is 0 Å². The third-order valence-electron chi connectivity index (χ3n) is 3.43. The number of ether oxygens (including phenoxy) is 1. The standard InChI is InChI=1S/C15H17BrN2O2/c1-9-7-18-15(19-9)10(2)17-8-13-6-11-5-12(16)3-4-14(11)20-13/h3-5,7,10,13,17H,6,8H2,1-2H3. The van der Waals surface area contributed by atoms with E-state index < -0.39 is 0 Å². The molecule has 1 aromatic heterocycles. The number of benzene rings is 1. The van der Waals surface area contributed by atoms with E-state index in [1.165, 1.54) is 5.56 Å². The van der Waals surface area contributed by atoms with Gasteiger partial charge in [-0.3, -0.25) is 0 Å². The summed E-state index contributed by atoms with van der Waals surface area (Å²) in [6.45, 7) is 4.72. The molecule has 1 aliphatic rings. The Hall–Kier alpha value is -1.33. The quantitative estimate of drug-likeness (QED) is 0.929. The van der Waals surface area contributed by atoms with Crippen LogP contribution < -0.4 is 10.1 Å². The Kier molecular flexibility index (Phi) is 3.81. The summed E-state index contributed by atoms with van der Waals surface area (Å²) in [5, 5.41) is 3.41. The molecule has 1 aromatic carbocycles. The van der Waals surface area contributed by atoms with Crippen LogP contribution in [0.5, 0.6) is 5.75 Å². The molecule has 0 spiro atoms. The Morgan fingerprint density at radius 1 is 1.50 bits per heavy atom. The fraction of sp³-hybridized carbons (Fsp3) is 0.400. The fourth-order valence-corrected chi connectivity index (χ4v) is 2.78. The van der Waals surface area contributed by atoms with Gasteiger partial charge in [0.25, 0.3) is 0 Å². The molecule has 0 aliphatic carbocycles. The predicted octanol–water partition coefficient (Wildman–Crippen LogP) is 3.40. The van der Waals surface area contributed by atoms with Gasteiger partial charge in [0.2, 0.25) is 5.89 Å². The third-order valence-corrected chi connectivity index (χ3v) is 3.92. The van der Waals surface area contributed by atoms with Crippen molar-refractivity contribution in [3.8, 4) is 5.75 Å². The normalized spacial score (nSPS) is 18.6. The lowest BCUT2D eigenvalue weighted by Gasteiger charge is -2.15. The highest BCUT2D eigenvalue weighted by Gasteiger charge is 2.23. The van der Waals surface area contributed by atoms with Crippen molar-refractivity contribution in [3.63, 3.8) is 0 Å². The van der Waals surface area contributed by atoms with Crippen molar-refractivity contribution < 1.29 is 9.15 Å². The van der Waals surface area contributed by atoms with Crippen molar-refractivity contribution in [3.05, 3.63) is 46.1 Å². The van der Waals surface area contributed by atoms with Crippen molar-refractivity contribution in [2.24, 2.45) is 0 Å². The Labute approximate surface area is 126 Å². The molecule has 20 heavy (non-hydrogen) atoms. The minimum absolute atomic E-state index is 0.0859. The lowest BCUT2D eigenvalue weighted by molar-refractivity contribution is 0.219. The molecular weight excluding hydrogens is 320 g/mol. The molecule has 0 fully saturated rings. The molecule has 0 radical (unpaired) electrons. The summed E-state index contributed by atoms with van der Waals surface area (Å²) < 4.78 is 12.5. The summed E-state index contributed by atoms with van der Waals surface area (Å²) in [5.74, 6) is 2.54. The van der Waals surface area contributed by atoms with Crippen LogP contribution in [0.15, 0.2) is 33.3 Å². The van der Waals surface area contributed by atoms with Gasteiger partial charge in [-0.2, -0.15) is 0 Å². The molecule has 1 N–H and O–H groups in total. The maximum Gasteiger partial charge on any atom is 0.211 e. The number of oxazole rings is 1. The summed E-state index contributed by atoms with van der Waals surface area (Å²) >= 11 is 3.49. The molecule has 1 aliphatic heterocycles. The first-order valence-electron chi connectivity index (χ1n) is 6.72. The first kappa shape index (κ1) is 13.6. The lowest BCUT2D eigenvalue weighted by atomic mass is 10.1. The number of rotatable bonds is 4. The van der Waals surface area contributed by atoms with Gasteiger partial charge in [-0.15, -0.1) is 0 Å². The average Bonchev–Trinajstić information content (AvgIpc) is 3.01. The number of hydrogen-bond acceptors (Lipinski definition) is 4. The maximum atomic E-state index is 5.92. The van der Waals surface area contributed by atoms with E-state index in [0.29, 0.717) is 0 Å². The molecule has 5 heteroatoms. The van der Waals surface area contributed by atoms with E-state index in [0.717, 1.165) is 34.8 Å². The van der Waals surface area contributed by atoms with E-state index in [1.807, 2.05) is 26.0 Å². The fourth-order valence-electron chi connectivity index (χ4n) is 2.37. The van der Waals surface area contributed by atoms with Crippen LogP contribution in [-0.2, 0) is 6.42 Å². The Balaban J connectivity index is 1.56. The van der Waals surface area contributed by atoms with E-state index in [2.05, 4.69) is 32.3 Å². The highest BCUT2D eigenvalue weighted by Crippen LogP contribution is 2.31. The molecule has 0 amide bonds. The van der Waals surface area contributed by atoms with Crippen LogP contribution >= 0.6 is 15.9 Å². The number of halogens is 1. The molecule has 2 heterocycles.